The number of hydrogen-bond donors (Lipinski definition) is 2. The van der Waals surface area contributed by atoms with Crippen LogP contribution in [0.5, 0.6) is 0 Å². The smallest absolute Gasteiger partial charge is 0.0698 e. The fourth-order valence-corrected chi connectivity index (χ4v) is 0.231. The van der Waals surface area contributed by atoms with E-state index in [1.165, 1.54) is 0 Å². The molecule has 0 spiro atoms. The number of rotatable bonds is 4. The lowest BCUT2D eigenvalue weighted by Crippen LogP contribution is -2.03. The molecule has 60 valence electrons. The molecule has 0 amide bonds. The Morgan fingerprint density at radius 1 is 0.889 bits per heavy atom. The second kappa shape index (κ2) is 15.9. The van der Waals surface area contributed by atoms with Gasteiger partial charge in [-0.2, -0.15) is 0 Å². The molecule has 0 rings (SSSR count). The highest BCUT2D eigenvalue weighted by molar-refractivity contribution is 8.93. The summed E-state index contributed by atoms with van der Waals surface area (Å²) in [5, 5.41) is 16.2. The van der Waals surface area contributed by atoms with Crippen LogP contribution in [-0.2, 0) is 4.74 Å². The van der Waals surface area contributed by atoms with Crippen molar-refractivity contribution < 1.29 is 14.9 Å². The van der Waals surface area contributed by atoms with Crippen molar-refractivity contribution in [3.05, 3.63) is 0 Å². The second-order valence-corrected chi connectivity index (χ2v) is 1.06. The van der Waals surface area contributed by atoms with Crippen LogP contribution >= 0.6 is 34.0 Å². The molecule has 0 saturated heterocycles. The highest BCUT2D eigenvalue weighted by atomic mass is 79.9. The van der Waals surface area contributed by atoms with Crippen molar-refractivity contribution in [1.82, 2.24) is 0 Å². The molecule has 0 aliphatic rings. The Morgan fingerprint density at radius 3 is 1.44 bits per heavy atom. The molecule has 0 bridgehead atoms. The Labute approximate surface area is 75.6 Å². The molecule has 0 atom stereocenters. The number of ether oxygens (including phenoxy) is 1. The molecular weight excluding hydrogens is 256 g/mol. The van der Waals surface area contributed by atoms with Crippen LogP contribution in [0, 0.1) is 0 Å². The Bertz CT molecular complexity index is 33.0. The van der Waals surface area contributed by atoms with E-state index in [-0.39, 0.29) is 47.2 Å². The molecule has 3 nitrogen and oxygen atoms in total. The third kappa shape index (κ3) is 17.7. The van der Waals surface area contributed by atoms with Gasteiger partial charge in [0, 0.05) is 0 Å². The maximum Gasteiger partial charge on any atom is 0.0698 e. The molecular formula is C4H12Br2O3. The predicted octanol–water partition coefficient (Wildman–Crippen LogP) is 0.143. The molecule has 0 radical (unpaired) electrons. The van der Waals surface area contributed by atoms with Crippen LogP contribution in [-0.4, -0.2) is 36.6 Å². The zero-order valence-corrected chi connectivity index (χ0v) is 8.37. The zero-order valence-electron chi connectivity index (χ0n) is 4.95. The zero-order chi connectivity index (χ0) is 5.54. The van der Waals surface area contributed by atoms with E-state index in [1.807, 2.05) is 0 Å². The average molecular weight is 268 g/mol. The van der Waals surface area contributed by atoms with Crippen molar-refractivity contribution in [3.63, 3.8) is 0 Å². The molecule has 0 fully saturated rings. The third-order valence-electron chi connectivity index (χ3n) is 0.471. The highest BCUT2D eigenvalue weighted by Crippen LogP contribution is 1.68. The minimum Gasteiger partial charge on any atom is -0.394 e. The van der Waals surface area contributed by atoms with E-state index in [2.05, 4.69) is 4.74 Å². The maximum atomic E-state index is 8.09. The summed E-state index contributed by atoms with van der Waals surface area (Å²) in [5.41, 5.74) is 0. The topological polar surface area (TPSA) is 49.7 Å². The van der Waals surface area contributed by atoms with Gasteiger partial charge in [0.2, 0.25) is 0 Å². The van der Waals surface area contributed by atoms with Crippen molar-refractivity contribution in [2.45, 2.75) is 0 Å². The third-order valence-corrected chi connectivity index (χ3v) is 0.471. The molecule has 5 heteroatoms. The highest BCUT2D eigenvalue weighted by Gasteiger charge is 1.79. The van der Waals surface area contributed by atoms with Gasteiger partial charge in [0.25, 0.3) is 0 Å². The van der Waals surface area contributed by atoms with Gasteiger partial charge >= 0.3 is 0 Å². The van der Waals surface area contributed by atoms with E-state index in [0.717, 1.165) is 0 Å². The van der Waals surface area contributed by atoms with Crippen LogP contribution in [0.4, 0.5) is 0 Å². The van der Waals surface area contributed by atoms with Crippen LogP contribution in [0.2, 0.25) is 0 Å². The van der Waals surface area contributed by atoms with Crippen molar-refractivity contribution in [2.75, 3.05) is 26.4 Å². The number of hydrogen-bond acceptors (Lipinski definition) is 3. The summed E-state index contributed by atoms with van der Waals surface area (Å²) in [4.78, 5) is 0. The number of halogens is 2. The average Bonchev–Trinajstić information content (AvgIpc) is 1.69. The SMILES string of the molecule is Br.Br.OCCOCCO. The standard InChI is InChI=1S/C4H10O3.2BrH/c5-1-3-7-4-2-6;;/h5-6H,1-4H2;2*1H. The largest absolute Gasteiger partial charge is 0.394 e. The Morgan fingerprint density at radius 2 is 1.22 bits per heavy atom. The van der Waals surface area contributed by atoms with Gasteiger partial charge in [-0.1, -0.05) is 0 Å². The molecule has 0 aromatic heterocycles. The van der Waals surface area contributed by atoms with Gasteiger partial charge in [0.05, 0.1) is 26.4 Å². The fraction of sp³-hybridized carbons (Fsp3) is 1.00. The molecule has 0 aliphatic heterocycles. The molecule has 0 unspecified atom stereocenters. The fourth-order valence-electron chi connectivity index (χ4n) is 0.231. The van der Waals surface area contributed by atoms with E-state index in [1.54, 1.807) is 0 Å². The van der Waals surface area contributed by atoms with Crippen molar-refractivity contribution in [2.24, 2.45) is 0 Å². The molecule has 0 aromatic carbocycles. The lowest BCUT2D eigenvalue weighted by Gasteiger charge is -1.94. The van der Waals surface area contributed by atoms with Gasteiger partial charge in [-0.15, -0.1) is 34.0 Å². The van der Waals surface area contributed by atoms with E-state index < -0.39 is 0 Å². The van der Waals surface area contributed by atoms with Crippen molar-refractivity contribution in [3.8, 4) is 0 Å². The Balaban J connectivity index is -0.000000180. The minimum atomic E-state index is 0. The summed E-state index contributed by atoms with van der Waals surface area (Å²) < 4.78 is 4.63. The predicted molar refractivity (Wildman–Crippen MR) is 45.6 cm³/mol. The first kappa shape index (κ1) is 16.4. The number of aliphatic hydroxyl groups excluding tert-OH is 2. The van der Waals surface area contributed by atoms with Crippen LogP contribution in [0.3, 0.4) is 0 Å². The van der Waals surface area contributed by atoms with Gasteiger partial charge in [-0.3, -0.25) is 0 Å². The first-order valence-electron chi connectivity index (χ1n) is 2.21. The van der Waals surface area contributed by atoms with Gasteiger partial charge in [-0.05, 0) is 0 Å². The summed E-state index contributed by atoms with van der Waals surface area (Å²) in [6.45, 7) is 0.696. The van der Waals surface area contributed by atoms with Crippen LogP contribution in [0.15, 0.2) is 0 Å². The van der Waals surface area contributed by atoms with E-state index in [0.29, 0.717) is 13.2 Å². The summed E-state index contributed by atoms with van der Waals surface area (Å²) in [5.74, 6) is 0. The molecule has 0 aromatic rings. The summed E-state index contributed by atoms with van der Waals surface area (Å²) in [6, 6.07) is 0. The Kier molecular flexibility index (Phi) is 29.1. The normalized spacial score (nSPS) is 7.33. The molecule has 2 N–H and O–H groups in total. The molecule has 0 heterocycles. The lowest BCUT2D eigenvalue weighted by atomic mass is 10.7. The van der Waals surface area contributed by atoms with Crippen LogP contribution in [0.25, 0.3) is 0 Å². The second-order valence-electron chi connectivity index (χ2n) is 1.06. The van der Waals surface area contributed by atoms with Gasteiger partial charge in [0.15, 0.2) is 0 Å². The first-order chi connectivity index (χ1) is 3.41. The van der Waals surface area contributed by atoms with E-state index in [4.69, 9.17) is 10.2 Å². The Hall–Kier alpha value is 0.840. The number of aliphatic hydroxyl groups is 2. The maximum absolute atomic E-state index is 8.09. The minimum absolute atomic E-state index is 0. The van der Waals surface area contributed by atoms with Gasteiger partial charge < -0.3 is 14.9 Å². The molecule has 0 aliphatic carbocycles. The van der Waals surface area contributed by atoms with Gasteiger partial charge in [0.1, 0.15) is 0 Å². The first-order valence-corrected chi connectivity index (χ1v) is 2.21. The van der Waals surface area contributed by atoms with Crippen LogP contribution in [0.1, 0.15) is 0 Å². The summed E-state index contributed by atoms with van der Waals surface area (Å²) >= 11 is 0. The monoisotopic (exact) mass is 266 g/mol. The lowest BCUT2D eigenvalue weighted by molar-refractivity contribution is 0.0650. The summed E-state index contributed by atoms with van der Waals surface area (Å²) in [7, 11) is 0. The van der Waals surface area contributed by atoms with Gasteiger partial charge in [-0.25, -0.2) is 0 Å². The van der Waals surface area contributed by atoms with Crippen molar-refractivity contribution >= 4 is 34.0 Å². The molecule has 9 heavy (non-hydrogen) atoms. The van der Waals surface area contributed by atoms with Crippen molar-refractivity contribution in [1.29, 1.82) is 0 Å². The van der Waals surface area contributed by atoms with E-state index in [9.17, 15) is 0 Å². The van der Waals surface area contributed by atoms with E-state index >= 15 is 0 Å². The molecule has 0 saturated carbocycles. The quantitative estimate of drug-likeness (QED) is 0.713. The van der Waals surface area contributed by atoms with Crippen LogP contribution < -0.4 is 0 Å². The summed E-state index contributed by atoms with van der Waals surface area (Å²) in [6.07, 6.45) is 0.